The van der Waals surface area contributed by atoms with Crippen LogP contribution >= 0.6 is 11.6 Å². The summed E-state index contributed by atoms with van der Waals surface area (Å²) in [7, 11) is 1.73. The third kappa shape index (κ3) is 3.71. The Morgan fingerprint density at radius 2 is 2.35 bits per heavy atom. The summed E-state index contributed by atoms with van der Waals surface area (Å²) in [5, 5.41) is 6.11. The molecular formula is C13H16ClN5O. The minimum Gasteiger partial charge on any atom is -0.372 e. The molecule has 2 aromatic heterocycles. The Morgan fingerprint density at radius 1 is 1.50 bits per heavy atom. The molecule has 1 amide bonds. The van der Waals surface area contributed by atoms with E-state index in [0.29, 0.717) is 22.9 Å². The molecule has 0 saturated carbocycles. The first-order valence-electron chi connectivity index (χ1n) is 6.28. The van der Waals surface area contributed by atoms with E-state index in [1.165, 1.54) is 6.20 Å². The molecule has 106 valence electrons. The largest absolute Gasteiger partial charge is 0.372 e. The number of rotatable bonds is 6. The van der Waals surface area contributed by atoms with Crippen molar-refractivity contribution in [2.24, 2.45) is 0 Å². The normalized spacial score (nSPS) is 10.3. The van der Waals surface area contributed by atoms with Crippen LogP contribution in [0.1, 0.15) is 16.8 Å². The van der Waals surface area contributed by atoms with E-state index >= 15 is 0 Å². The van der Waals surface area contributed by atoms with Crippen LogP contribution in [0.15, 0.2) is 31.0 Å². The number of aryl methyl sites for hydroxylation is 1. The van der Waals surface area contributed by atoms with Crippen LogP contribution in [0.3, 0.4) is 0 Å². The highest BCUT2D eigenvalue weighted by Crippen LogP contribution is 2.19. The zero-order valence-electron chi connectivity index (χ0n) is 11.1. The van der Waals surface area contributed by atoms with Gasteiger partial charge in [-0.1, -0.05) is 11.6 Å². The zero-order chi connectivity index (χ0) is 14.4. The summed E-state index contributed by atoms with van der Waals surface area (Å²) in [6.07, 6.45) is 7.71. The van der Waals surface area contributed by atoms with Crippen LogP contribution in [-0.2, 0) is 6.54 Å². The number of carbonyl (C=O) groups excluding carboxylic acids is 1. The maximum atomic E-state index is 11.9. The first-order valence-corrected chi connectivity index (χ1v) is 6.65. The Hall–Kier alpha value is -2.08. The van der Waals surface area contributed by atoms with Crippen molar-refractivity contribution in [3.63, 3.8) is 0 Å². The Morgan fingerprint density at radius 3 is 3.00 bits per heavy atom. The van der Waals surface area contributed by atoms with Gasteiger partial charge in [0, 0.05) is 38.7 Å². The average molecular weight is 294 g/mol. The molecule has 0 spiro atoms. The number of hydrogen-bond donors (Lipinski definition) is 2. The fraction of sp³-hybridized carbons (Fsp3) is 0.308. The highest BCUT2D eigenvalue weighted by Gasteiger charge is 2.08. The molecule has 0 unspecified atom stereocenters. The summed E-state index contributed by atoms with van der Waals surface area (Å²) in [6, 6.07) is 1.60. The van der Waals surface area contributed by atoms with E-state index in [-0.39, 0.29) is 5.91 Å². The van der Waals surface area contributed by atoms with Gasteiger partial charge in [0.25, 0.3) is 5.91 Å². The summed E-state index contributed by atoms with van der Waals surface area (Å²) in [6.45, 7) is 1.40. The molecule has 2 N–H and O–H groups in total. The number of amides is 1. The molecule has 0 saturated heterocycles. The van der Waals surface area contributed by atoms with Gasteiger partial charge in [0.05, 0.1) is 16.9 Å². The number of pyridine rings is 1. The van der Waals surface area contributed by atoms with Gasteiger partial charge >= 0.3 is 0 Å². The predicted octanol–water partition coefficient (Wildman–Crippen LogP) is 1.79. The third-order valence-electron chi connectivity index (χ3n) is 2.78. The van der Waals surface area contributed by atoms with E-state index in [1.54, 1.807) is 25.6 Å². The van der Waals surface area contributed by atoms with Crippen molar-refractivity contribution < 1.29 is 4.79 Å². The molecule has 0 bridgehead atoms. The van der Waals surface area contributed by atoms with Gasteiger partial charge < -0.3 is 15.2 Å². The molecule has 6 nitrogen and oxygen atoms in total. The molecule has 2 rings (SSSR count). The van der Waals surface area contributed by atoms with E-state index in [0.717, 1.165) is 13.0 Å². The zero-order valence-corrected chi connectivity index (χ0v) is 11.9. The van der Waals surface area contributed by atoms with Crippen molar-refractivity contribution in [1.82, 2.24) is 19.9 Å². The van der Waals surface area contributed by atoms with Crippen LogP contribution in [0.2, 0.25) is 5.02 Å². The van der Waals surface area contributed by atoms with Crippen LogP contribution in [0.4, 0.5) is 5.82 Å². The lowest BCUT2D eigenvalue weighted by Crippen LogP contribution is -2.25. The Bertz CT molecular complexity index is 570. The van der Waals surface area contributed by atoms with E-state index in [2.05, 4.69) is 20.6 Å². The molecule has 0 atom stereocenters. The summed E-state index contributed by atoms with van der Waals surface area (Å²) < 4.78 is 1.96. The Labute approximate surface area is 122 Å². The minimum atomic E-state index is -0.173. The SMILES string of the molecule is CNc1ncc(C(=O)NCCCn2ccnc2)cc1Cl. The molecule has 7 heteroatoms. The molecular weight excluding hydrogens is 278 g/mol. The first-order chi connectivity index (χ1) is 9.70. The maximum absolute atomic E-state index is 11.9. The fourth-order valence-corrected chi connectivity index (χ4v) is 1.99. The standard InChI is InChI=1S/C13H16ClN5O/c1-15-12-11(14)7-10(8-18-12)13(20)17-3-2-5-19-6-4-16-9-19/h4,6-9H,2-3,5H2,1H3,(H,15,18)(H,17,20). The van der Waals surface area contributed by atoms with E-state index in [1.807, 2.05) is 10.8 Å². The van der Waals surface area contributed by atoms with Crippen LogP contribution in [-0.4, -0.2) is 34.0 Å². The molecule has 0 radical (unpaired) electrons. The van der Waals surface area contributed by atoms with Gasteiger partial charge in [-0.15, -0.1) is 0 Å². The highest BCUT2D eigenvalue weighted by atomic mass is 35.5. The number of halogens is 1. The smallest absolute Gasteiger partial charge is 0.252 e. The third-order valence-corrected chi connectivity index (χ3v) is 3.07. The number of imidazole rings is 1. The van der Waals surface area contributed by atoms with Crippen LogP contribution in [0, 0.1) is 0 Å². The number of hydrogen-bond acceptors (Lipinski definition) is 4. The molecule has 0 aromatic carbocycles. The summed E-state index contributed by atoms with van der Waals surface area (Å²) in [5.41, 5.74) is 0.455. The lowest BCUT2D eigenvalue weighted by Gasteiger charge is -2.07. The molecule has 0 aliphatic heterocycles. The monoisotopic (exact) mass is 293 g/mol. The molecule has 2 aromatic rings. The molecule has 0 aliphatic rings. The van der Waals surface area contributed by atoms with Crippen molar-refractivity contribution in [1.29, 1.82) is 0 Å². The van der Waals surface area contributed by atoms with Crippen LogP contribution in [0.5, 0.6) is 0 Å². The van der Waals surface area contributed by atoms with Gasteiger partial charge in [-0.05, 0) is 12.5 Å². The number of aromatic nitrogens is 3. The van der Waals surface area contributed by atoms with Crippen molar-refractivity contribution in [3.8, 4) is 0 Å². The van der Waals surface area contributed by atoms with Gasteiger partial charge in [-0.2, -0.15) is 0 Å². The maximum Gasteiger partial charge on any atom is 0.252 e. The van der Waals surface area contributed by atoms with Crippen molar-refractivity contribution in [2.45, 2.75) is 13.0 Å². The Balaban J connectivity index is 1.81. The van der Waals surface area contributed by atoms with Crippen LogP contribution < -0.4 is 10.6 Å². The van der Waals surface area contributed by atoms with Crippen molar-refractivity contribution in [2.75, 3.05) is 18.9 Å². The summed E-state index contributed by atoms with van der Waals surface area (Å²) in [4.78, 5) is 19.9. The van der Waals surface area contributed by atoms with E-state index < -0.39 is 0 Å². The highest BCUT2D eigenvalue weighted by molar-refractivity contribution is 6.33. The molecule has 0 fully saturated rings. The van der Waals surface area contributed by atoms with E-state index in [9.17, 15) is 4.79 Å². The Kier molecular flexibility index (Phi) is 4.95. The van der Waals surface area contributed by atoms with Crippen molar-refractivity contribution in [3.05, 3.63) is 41.6 Å². The van der Waals surface area contributed by atoms with Gasteiger partial charge in [-0.25, -0.2) is 9.97 Å². The van der Waals surface area contributed by atoms with E-state index in [4.69, 9.17) is 11.6 Å². The second-order valence-corrected chi connectivity index (χ2v) is 4.62. The average Bonchev–Trinajstić information content (AvgIpc) is 2.96. The minimum absolute atomic E-state index is 0.173. The van der Waals surface area contributed by atoms with Gasteiger partial charge in [-0.3, -0.25) is 4.79 Å². The summed E-state index contributed by atoms with van der Waals surface area (Å²) >= 11 is 5.99. The number of nitrogens with one attached hydrogen (secondary N) is 2. The lowest BCUT2D eigenvalue weighted by atomic mass is 10.2. The molecule has 2 heterocycles. The second-order valence-electron chi connectivity index (χ2n) is 4.21. The predicted molar refractivity (Wildman–Crippen MR) is 78.0 cm³/mol. The number of anilines is 1. The summed E-state index contributed by atoms with van der Waals surface area (Å²) in [5.74, 6) is 0.385. The fourth-order valence-electron chi connectivity index (χ4n) is 1.73. The quantitative estimate of drug-likeness (QED) is 0.797. The van der Waals surface area contributed by atoms with Crippen molar-refractivity contribution >= 4 is 23.3 Å². The van der Waals surface area contributed by atoms with Gasteiger partial charge in [0.15, 0.2) is 0 Å². The molecule has 20 heavy (non-hydrogen) atoms. The van der Waals surface area contributed by atoms with Crippen LogP contribution in [0.25, 0.3) is 0 Å². The topological polar surface area (TPSA) is 71.8 Å². The van der Waals surface area contributed by atoms with Gasteiger partial charge in [0.1, 0.15) is 5.82 Å². The molecule has 0 aliphatic carbocycles. The number of nitrogens with zero attached hydrogens (tertiary/aromatic N) is 3. The first kappa shape index (κ1) is 14.3. The lowest BCUT2D eigenvalue weighted by molar-refractivity contribution is 0.0952. The second kappa shape index (κ2) is 6.91. The van der Waals surface area contributed by atoms with Gasteiger partial charge in [0.2, 0.25) is 0 Å². The number of carbonyl (C=O) groups is 1.